The number of aromatic nitrogens is 1. The molecule has 4 rings (SSSR count). The van der Waals surface area contributed by atoms with Crippen molar-refractivity contribution in [1.82, 2.24) is 4.98 Å². The second-order valence-corrected chi connectivity index (χ2v) is 8.41. The minimum atomic E-state index is -0.327. The van der Waals surface area contributed by atoms with Gasteiger partial charge in [0.2, 0.25) is 11.8 Å². The lowest BCUT2D eigenvalue weighted by Crippen LogP contribution is -2.46. The van der Waals surface area contributed by atoms with E-state index in [1.807, 2.05) is 54.1 Å². The molecule has 2 atom stereocenters. The predicted molar refractivity (Wildman–Crippen MR) is 109 cm³/mol. The van der Waals surface area contributed by atoms with Crippen LogP contribution in [0.3, 0.4) is 0 Å². The molecule has 1 aromatic carbocycles. The molecule has 1 aliphatic heterocycles. The van der Waals surface area contributed by atoms with Gasteiger partial charge < -0.3 is 10.2 Å². The highest BCUT2D eigenvalue weighted by Gasteiger charge is 2.42. The highest BCUT2D eigenvalue weighted by molar-refractivity contribution is 7.13. The van der Waals surface area contributed by atoms with E-state index in [0.29, 0.717) is 18.0 Å². The molecule has 1 aliphatic rings. The van der Waals surface area contributed by atoms with Crippen molar-refractivity contribution in [3.05, 3.63) is 63.8 Å². The van der Waals surface area contributed by atoms with Gasteiger partial charge in [-0.2, -0.15) is 0 Å². The van der Waals surface area contributed by atoms with E-state index < -0.39 is 0 Å². The Morgan fingerprint density at radius 3 is 2.67 bits per heavy atom. The summed E-state index contributed by atoms with van der Waals surface area (Å²) in [6.45, 7) is 2.02. The Hall–Kier alpha value is -2.51. The van der Waals surface area contributed by atoms with E-state index in [2.05, 4.69) is 10.3 Å². The van der Waals surface area contributed by atoms with E-state index in [-0.39, 0.29) is 23.8 Å². The molecule has 2 unspecified atom stereocenters. The molecular formula is C20H19N3O2S2. The normalized spacial score (nSPS) is 19.9. The molecular weight excluding hydrogens is 378 g/mol. The summed E-state index contributed by atoms with van der Waals surface area (Å²) in [5, 5.41) is 7.31. The summed E-state index contributed by atoms with van der Waals surface area (Å²) in [7, 11) is 0. The summed E-state index contributed by atoms with van der Waals surface area (Å²) in [6.07, 6.45) is 2.55. The maximum atomic E-state index is 13.0. The first-order valence-electron chi connectivity index (χ1n) is 8.76. The lowest BCUT2D eigenvalue weighted by molar-refractivity contribution is -0.125. The number of carbonyl (C=O) groups is 2. The molecule has 0 aliphatic carbocycles. The Morgan fingerprint density at radius 2 is 2.00 bits per heavy atom. The van der Waals surface area contributed by atoms with E-state index in [1.54, 1.807) is 22.4 Å². The molecule has 1 fully saturated rings. The second kappa shape index (κ2) is 7.62. The molecule has 3 heterocycles. The van der Waals surface area contributed by atoms with Crippen LogP contribution >= 0.6 is 22.7 Å². The van der Waals surface area contributed by atoms with Gasteiger partial charge in [-0.3, -0.25) is 9.59 Å². The third-order valence-electron chi connectivity index (χ3n) is 4.74. The maximum Gasteiger partial charge on any atom is 0.231 e. The molecule has 138 valence electrons. The van der Waals surface area contributed by atoms with Crippen molar-refractivity contribution in [2.24, 2.45) is 5.92 Å². The highest BCUT2D eigenvalue weighted by atomic mass is 32.1. The molecule has 1 saturated heterocycles. The number of thiophene rings is 1. The lowest BCUT2D eigenvalue weighted by atomic mass is 9.86. The van der Waals surface area contributed by atoms with Crippen LogP contribution in [-0.4, -0.2) is 16.8 Å². The molecule has 5 nitrogen and oxygen atoms in total. The van der Waals surface area contributed by atoms with E-state index in [0.717, 1.165) is 16.1 Å². The minimum absolute atomic E-state index is 0.0514. The number of nitrogens with zero attached hydrogens (tertiary/aromatic N) is 2. The van der Waals surface area contributed by atoms with Crippen molar-refractivity contribution in [2.75, 3.05) is 10.2 Å². The molecule has 2 aromatic heterocycles. The van der Waals surface area contributed by atoms with E-state index >= 15 is 0 Å². The lowest BCUT2D eigenvalue weighted by Gasteiger charge is -2.40. The summed E-state index contributed by atoms with van der Waals surface area (Å²) < 4.78 is 0. The molecule has 0 bridgehead atoms. The van der Waals surface area contributed by atoms with Gasteiger partial charge in [0, 0.05) is 28.6 Å². The van der Waals surface area contributed by atoms with Crippen LogP contribution in [0.5, 0.6) is 0 Å². The SMILES string of the molecule is Cc1ccc(N2C(=O)CCC(C(=O)Nc3nccs3)C2c2cccs2)cc1. The standard InChI is InChI=1S/C20H19N3O2S2/c1-13-4-6-14(7-5-13)23-17(24)9-8-15(18(23)16-3-2-11-26-16)19(25)22-20-21-10-12-27-20/h2-7,10-12,15,18H,8-9H2,1H3,(H,21,22,25). The molecule has 7 heteroatoms. The first-order valence-corrected chi connectivity index (χ1v) is 10.5. The van der Waals surface area contributed by atoms with Gasteiger partial charge >= 0.3 is 0 Å². The number of nitrogens with one attached hydrogen (secondary N) is 1. The van der Waals surface area contributed by atoms with Gasteiger partial charge in [0.25, 0.3) is 0 Å². The zero-order chi connectivity index (χ0) is 18.8. The Balaban J connectivity index is 1.71. The minimum Gasteiger partial charge on any atom is -0.303 e. The predicted octanol–water partition coefficient (Wildman–Crippen LogP) is 4.64. The summed E-state index contributed by atoms with van der Waals surface area (Å²) in [5.41, 5.74) is 1.96. The summed E-state index contributed by atoms with van der Waals surface area (Å²) >= 11 is 2.97. The van der Waals surface area contributed by atoms with Crippen molar-refractivity contribution >= 4 is 45.3 Å². The smallest absolute Gasteiger partial charge is 0.231 e. The zero-order valence-electron chi connectivity index (χ0n) is 14.8. The van der Waals surface area contributed by atoms with Gasteiger partial charge in [0.15, 0.2) is 5.13 Å². The van der Waals surface area contributed by atoms with Gasteiger partial charge in [-0.05, 0) is 36.9 Å². The number of benzene rings is 1. The Morgan fingerprint density at radius 1 is 1.19 bits per heavy atom. The van der Waals surface area contributed by atoms with Crippen LogP contribution in [0.1, 0.15) is 29.3 Å². The van der Waals surface area contributed by atoms with Crippen LogP contribution < -0.4 is 10.2 Å². The fraction of sp³-hybridized carbons (Fsp3) is 0.250. The number of hydrogen-bond acceptors (Lipinski definition) is 5. The number of hydrogen-bond donors (Lipinski definition) is 1. The topological polar surface area (TPSA) is 62.3 Å². The monoisotopic (exact) mass is 397 g/mol. The largest absolute Gasteiger partial charge is 0.303 e. The first kappa shape index (κ1) is 17.9. The average Bonchev–Trinajstić information content (AvgIpc) is 3.36. The van der Waals surface area contributed by atoms with Crippen molar-refractivity contribution in [1.29, 1.82) is 0 Å². The molecule has 3 aromatic rings. The average molecular weight is 398 g/mol. The fourth-order valence-corrected chi connectivity index (χ4v) is 4.86. The van der Waals surface area contributed by atoms with Crippen LogP contribution in [0.25, 0.3) is 0 Å². The van der Waals surface area contributed by atoms with Crippen LogP contribution in [0, 0.1) is 12.8 Å². The van der Waals surface area contributed by atoms with Gasteiger partial charge in [0.05, 0.1) is 12.0 Å². The maximum absolute atomic E-state index is 13.0. The van der Waals surface area contributed by atoms with Crippen molar-refractivity contribution in [2.45, 2.75) is 25.8 Å². The van der Waals surface area contributed by atoms with Crippen LogP contribution in [0.15, 0.2) is 53.4 Å². The summed E-state index contributed by atoms with van der Waals surface area (Å²) in [6, 6.07) is 11.5. The van der Waals surface area contributed by atoms with Gasteiger partial charge in [-0.25, -0.2) is 4.98 Å². The molecule has 1 N–H and O–H groups in total. The molecule has 0 saturated carbocycles. The number of carbonyl (C=O) groups excluding carboxylic acids is 2. The molecule has 0 spiro atoms. The van der Waals surface area contributed by atoms with Crippen LogP contribution in [-0.2, 0) is 9.59 Å². The Labute approximate surface area is 165 Å². The van der Waals surface area contributed by atoms with Crippen molar-refractivity contribution < 1.29 is 9.59 Å². The van der Waals surface area contributed by atoms with Gasteiger partial charge in [-0.1, -0.05) is 23.8 Å². The molecule has 27 heavy (non-hydrogen) atoms. The summed E-state index contributed by atoms with van der Waals surface area (Å²) in [4.78, 5) is 32.8. The van der Waals surface area contributed by atoms with Crippen molar-refractivity contribution in [3.8, 4) is 0 Å². The first-order chi connectivity index (χ1) is 13.1. The quantitative estimate of drug-likeness (QED) is 0.698. The number of amides is 2. The fourth-order valence-electron chi connectivity index (χ4n) is 3.45. The summed E-state index contributed by atoms with van der Waals surface area (Å²) in [5.74, 6) is -0.366. The van der Waals surface area contributed by atoms with Crippen LogP contribution in [0.2, 0.25) is 0 Å². The van der Waals surface area contributed by atoms with E-state index in [9.17, 15) is 9.59 Å². The highest BCUT2D eigenvalue weighted by Crippen LogP contribution is 2.42. The van der Waals surface area contributed by atoms with E-state index in [1.165, 1.54) is 11.3 Å². The number of thiazole rings is 1. The number of piperidine rings is 1. The Kier molecular flexibility index (Phi) is 5.05. The van der Waals surface area contributed by atoms with Gasteiger partial charge in [-0.15, -0.1) is 22.7 Å². The van der Waals surface area contributed by atoms with Crippen LogP contribution in [0.4, 0.5) is 10.8 Å². The number of anilines is 2. The molecule has 2 amide bonds. The van der Waals surface area contributed by atoms with Gasteiger partial charge in [0.1, 0.15) is 0 Å². The third kappa shape index (κ3) is 3.65. The number of rotatable bonds is 4. The van der Waals surface area contributed by atoms with E-state index in [4.69, 9.17) is 0 Å². The third-order valence-corrected chi connectivity index (χ3v) is 6.37. The zero-order valence-corrected chi connectivity index (χ0v) is 16.4. The Bertz CT molecular complexity index is 921. The number of aryl methyl sites for hydroxylation is 1. The van der Waals surface area contributed by atoms with Crippen molar-refractivity contribution in [3.63, 3.8) is 0 Å². The second-order valence-electron chi connectivity index (χ2n) is 6.53. The molecule has 0 radical (unpaired) electrons.